The van der Waals surface area contributed by atoms with E-state index >= 15 is 0 Å². The number of Topliss-reactive ketones (excluding diaryl/α,β-unsaturated/α-hetero) is 1. The smallest absolute Gasteiger partial charge is 0.138 e. The van der Waals surface area contributed by atoms with Crippen molar-refractivity contribution in [2.75, 3.05) is 0 Å². The third-order valence-electron chi connectivity index (χ3n) is 2.29. The van der Waals surface area contributed by atoms with E-state index in [-0.39, 0.29) is 5.41 Å². The summed E-state index contributed by atoms with van der Waals surface area (Å²) < 4.78 is 1.14. The van der Waals surface area contributed by atoms with Gasteiger partial charge in [-0.05, 0) is 34.8 Å². The minimum absolute atomic E-state index is 0.184. The molecule has 1 aromatic heterocycles. The van der Waals surface area contributed by atoms with Crippen molar-refractivity contribution in [3.63, 3.8) is 0 Å². The average molecular weight is 289 g/mol. The first-order valence-corrected chi connectivity index (χ1v) is 6.83. The zero-order valence-electron chi connectivity index (χ0n) is 9.47. The number of hydrogen-bond donors (Lipinski definition) is 0. The van der Waals surface area contributed by atoms with Crippen LogP contribution in [0.3, 0.4) is 0 Å². The number of ketones is 1. The first-order valence-electron chi connectivity index (χ1n) is 5.16. The molecule has 0 aliphatic rings. The van der Waals surface area contributed by atoms with E-state index in [9.17, 15) is 4.79 Å². The van der Waals surface area contributed by atoms with Gasteiger partial charge in [0.25, 0.3) is 0 Å². The van der Waals surface area contributed by atoms with Crippen molar-refractivity contribution in [1.82, 2.24) is 0 Å². The first kappa shape index (κ1) is 12.9. The van der Waals surface area contributed by atoms with E-state index in [4.69, 9.17) is 0 Å². The fourth-order valence-electron chi connectivity index (χ4n) is 1.28. The van der Waals surface area contributed by atoms with Crippen LogP contribution in [0.15, 0.2) is 15.9 Å². The summed E-state index contributed by atoms with van der Waals surface area (Å²) in [4.78, 5) is 13.0. The highest BCUT2D eigenvalue weighted by Crippen LogP contribution is 2.23. The van der Waals surface area contributed by atoms with Crippen molar-refractivity contribution in [1.29, 1.82) is 0 Å². The summed E-state index contributed by atoms with van der Waals surface area (Å²) in [5.41, 5.74) is -0.184. The number of rotatable bonds is 4. The van der Waals surface area contributed by atoms with E-state index in [0.717, 1.165) is 17.3 Å². The Labute approximate surface area is 104 Å². The van der Waals surface area contributed by atoms with Crippen molar-refractivity contribution in [2.45, 2.75) is 40.0 Å². The Balaban J connectivity index is 2.31. The van der Waals surface area contributed by atoms with Crippen LogP contribution < -0.4 is 0 Å². The van der Waals surface area contributed by atoms with Crippen LogP contribution in [-0.4, -0.2) is 5.78 Å². The highest BCUT2D eigenvalue weighted by atomic mass is 79.9. The molecule has 0 aliphatic heterocycles. The largest absolute Gasteiger partial charge is 0.299 e. The maximum Gasteiger partial charge on any atom is 0.138 e. The number of thiophene rings is 1. The van der Waals surface area contributed by atoms with E-state index in [1.807, 2.05) is 20.8 Å². The van der Waals surface area contributed by atoms with Crippen LogP contribution >= 0.6 is 27.3 Å². The van der Waals surface area contributed by atoms with E-state index in [0.29, 0.717) is 12.2 Å². The molecular weight excluding hydrogens is 272 g/mol. The topological polar surface area (TPSA) is 17.1 Å². The van der Waals surface area contributed by atoms with Crippen LogP contribution in [0.1, 0.15) is 38.5 Å². The molecule has 1 heterocycles. The molecule has 0 aromatic carbocycles. The fourth-order valence-corrected chi connectivity index (χ4v) is 2.78. The van der Waals surface area contributed by atoms with Crippen molar-refractivity contribution in [2.24, 2.45) is 5.41 Å². The molecule has 0 bridgehead atoms. The van der Waals surface area contributed by atoms with Crippen LogP contribution in [0.4, 0.5) is 0 Å². The van der Waals surface area contributed by atoms with Gasteiger partial charge < -0.3 is 0 Å². The minimum atomic E-state index is -0.184. The standard InChI is InChI=1S/C12H17BrOS/c1-12(2,3)11(14)6-4-5-10-7-9(13)8-15-10/h7-8H,4-6H2,1-3H3. The molecule has 0 unspecified atom stereocenters. The maximum absolute atomic E-state index is 11.7. The third kappa shape index (κ3) is 4.47. The van der Waals surface area contributed by atoms with Crippen LogP contribution in [-0.2, 0) is 11.2 Å². The lowest BCUT2D eigenvalue weighted by molar-refractivity contribution is -0.126. The van der Waals surface area contributed by atoms with E-state index in [1.165, 1.54) is 4.88 Å². The SMILES string of the molecule is CC(C)(C)C(=O)CCCc1cc(Br)cs1. The molecule has 84 valence electrons. The van der Waals surface area contributed by atoms with Crippen molar-refractivity contribution >= 4 is 33.0 Å². The molecule has 15 heavy (non-hydrogen) atoms. The number of hydrogen-bond acceptors (Lipinski definition) is 2. The molecule has 1 rings (SSSR count). The Kier molecular flexibility index (Phi) is 4.53. The Bertz CT molecular complexity index is 336. The molecule has 0 N–H and O–H groups in total. The minimum Gasteiger partial charge on any atom is -0.299 e. The summed E-state index contributed by atoms with van der Waals surface area (Å²) >= 11 is 5.18. The number of carbonyl (C=O) groups is 1. The lowest BCUT2D eigenvalue weighted by atomic mass is 9.88. The maximum atomic E-state index is 11.7. The molecule has 0 saturated carbocycles. The van der Waals surface area contributed by atoms with Gasteiger partial charge in [0.2, 0.25) is 0 Å². The summed E-state index contributed by atoms with van der Waals surface area (Å²) in [5, 5.41) is 2.08. The van der Waals surface area contributed by atoms with Crippen molar-refractivity contribution < 1.29 is 4.79 Å². The molecule has 0 aliphatic carbocycles. The lowest BCUT2D eigenvalue weighted by Gasteiger charge is -2.15. The molecule has 1 aromatic rings. The molecule has 0 fully saturated rings. The van der Waals surface area contributed by atoms with E-state index < -0.39 is 0 Å². The number of carbonyl (C=O) groups excluding carboxylic acids is 1. The Morgan fingerprint density at radius 3 is 2.60 bits per heavy atom. The highest BCUT2D eigenvalue weighted by Gasteiger charge is 2.20. The summed E-state index contributed by atoms with van der Waals surface area (Å²) in [6.07, 6.45) is 2.67. The van der Waals surface area contributed by atoms with Gasteiger partial charge in [0.15, 0.2) is 0 Å². The monoisotopic (exact) mass is 288 g/mol. The Morgan fingerprint density at radius 2 is 2.13 bits per heavy atom. The number of halogens is 1. The van der Waals surface area contributed by atoms with Gasteiger partial charge in [-0.25, -0.2) is 0 Å². The molecular formula is C12H17BrOS. The second-order valence-electron chi connectivity index (χ2n) is 4.76. The second kappa shape index (κ2) is 5.26. The van der Waals surface area contributed by atoms with Crippen molar-refractivity contribution in [3.8, 4) is 0 Å². The van der Waals surface area contributed by atoms with Crippen LogP contribution in [0.2, 0.25) is 0 Å². The second-order valence-corrected chi connectivity index (χ2v) is 6.67. The summed E-state index contributed by atoms with van der Waals surface area (Å²) in [5.74, 6) is 0.359. The Morgan fingerprint density at radius 1 is 1.47 bits per heavy atom. The zero-order chi connectivity index (χ0) is 11.5. The summed E-state index contributed by atoms with van der Waals surface area (Å²) in [6, 6.07) is 2.13. The molecule has 0 spiro atoms. The lowest BCUT2D eigenvalue weighted by Crippen LogP contribution is -2.19. The third-order valence-corrected chi connectivity index (χ3v) is 4.04. The molecule has 0 radical (unpaired) electrons. The van der Waals surface area contributed by atoms with Gasteiger partial charge in [-0.3, -0.25) is 4.79 Å². The van der Waals surface area contributed by atoms with Gasteiger partial charge in [0.05, 0.1) is 0 Å². The molecule has 0 atom stereocenters. The van der Waals surface area contributed by atoms with Gasteiger partial charge in [-0.2, -0.15) is 0 Å². The predicted octanol–water partition coefficient (Wildman–Crippen LogP) is 4.45. The van der Waals surface area contributed by atoms with E-state index in [1.54, 1.807) is 11.3 Å². The predicted molar refractivity (Wildman–Crippen MR) is 69.4 cm³/mol. The van der Waals surface area contributed by atoms with Crippen LogP contribution in [0.5, 0.6) is 0 Å². The summed E-state index contributed by atoms with van der Waals surface area (Å²) in [6.45, 7) is 5.95. The molecule has 1 nitrogen and oxygen atoms in total. The zero-order valence-corrected chi connectivity index (χ0v) is 11.9. The fraction of sp³-hybridized carbons (Fsp3) is 0.583. The van der Waals surface area contributed by atoms with Crippen molar-refractivity contribution in [3.05, 3.63) is 20.8 Å². The Hall–Kier alpha value is -0.150. The van der Waals surface area contributed by atoms with Gasteiger partial charge in [-0.1, -0.05) is 20.8 Å². The molecule has 3 heteroatoms. The molecule has 0 saturated heterocycles. The summed E-state index contributed by atoms with van der Waals surface area (Å²) in [7, 11) is 0. The number of aryl methyl sites for hydroxylation is 1. The van der Waals surface area contributed by atoms with Gasteiger partial charge in [0.1, 0.15) is 5.78 Å². The normalized spacial score (nSPS) is 11.7. The highest BCUT2D eigenvalue weighted by molar-refractivity contribution is 9.10. The first-order chi connectivity index (χ1) is 6.89. The molecule has 0 amide bonds. The van der Waals surface area contributed by atoms with Gasteiger partial charge >= 0.3 is 0 Å². The van der Waals surface area contributed by atoms with Gasteiger partial charge in [0, 0.05) is 26.6 Å². The van der Waals surface area contributed by atoms with Crippen LogP contribution in [0.25, 0.3) is 0 Å². The van der Waals surface area contributed by atoms with E-state index in [2.05, 4.69) is 27.4 Å². The quantitative estimate of drug-likeness (QED) is 0.800. The average Bonchev–Trinajstić information content (AvgIpc) is 2.49. The van der Waals surface area contributed by atoms with Crippen LogP contribution in [0, 0.1) is 5.41 Å². The van der Waals surface area contributed by atoms with Gasteiger partial charge in [-0.15, -0.1) is 11.3 Å².